The summed E-state index contributed by atoms with van der Waals surface area (Å²) in [6, 6.07) is 1.85. The third-order valence-electron chi connectivity index (χ3n) is 3.05. The van der Waals surface area contributed by atoms with Gasteiger partial charge in [-0.2, -0.15) is 0 Å². The van der Waals surface area contributed by atoms with E-state index >= 15 is 0 Å². The van der Waals surface area contributed by atoms with Crippen molar-refractivity contribution in [2.75, 3.05) is 5.73 Å². The lowest BCUT2D eigenvalue weighted by atomic mass is 9.96. The van der Waals surface area contributed by atoms with E-state index in [2.05, 4.69) is 4.98 Å². The molecule has 3 heteroatoms. The van der Waals surface area contributed by atoms with Crippen LogP contribution in [0.25, 0.3) is 0 Å². The number of nitrogen functional groups attached to an aromatic ring is 1. The molecule has 0 bridgehead atoms. The highest BCUT2D eigenvalue weighted by molar-refractivity contribution is 6.01. The summed E-state index contributed by atoms with van der Waals surface area (Å²) >= 11 is 0. The summed E-state index contributed by atoms with van der Waals surface area (Å²) in [7, 11) is 0. The van der Waals surface area contributed by atoms with Crippen molar-refractivity contribution in [2.24, 2.45) is 5.92 Å². The van der Waals surface area contributed by atoms with E-state index < -0.39 is 0 Å². The number of rotatable bonds is 2. The van der Waals surface area contributed by atoms with Crippen LogP contribution >= 0.6 is 0 Å². The summed E-state index contributed by atoms with van der Waals surface area (Å²) in [6.07, 6.45) is 6.03. The molecule has 0 unspecified atom stereocenters. The van der Waals surface area contributed by atoms with Crippen LogP contribution in [-0.2, 0) is 0 Å². The van der Waals surface area contributed by atoms with Crippen molar-refractivity contribution in [1.29, 1.82) is 0 Å². The first-order chi connectivity index (χ1) is 7.18. The van der Waals surface area contributed by atoms with Crippen molar-refractivity contribution < 1.29 is 4.79 Å². The third kappa shape index (κ3) is 2.01. The molecular formula is C12H16N2O. The smallest absolute Gasteiger partial charge is 0.169 e. The molecule has 0 saturated heterocycles. The van der Waals surface area contributed by atoms with Gasteiger partial charge in [-0.15, -0.1) is 0 Å². The number of hydrogen-bond acceptors (Lipinski definition) is 3. The number of aromatic nitrogens is 1. The van der Waals surface area contributed by atoms with Crippen LogP contribution in [-0.4, -0.2) is 10.8 Å². The van der Waals surface area contributed by atoms with Gasteiger partial charge in [0.25, 0.3) is 0 Å². The van der Waals surface area contributed by atoms with Crippen LogP contribution in [0.2, 0.25) is 0 Å². The van der Waals surface area contributed by atoms with Gasteiger partial charge in [-0.05, 0) is 31.4 Å². The molecule has 1 aromatic heterocycles. The summed E-state index contributed by atoms with van der Waals surface area (Å²) in [5, 5.41) is 0. The molecule has 0 radical (unpaired) electrons. The summed E-state index contributed by atoms with van der Waals surface area (Å²) < 4.78 is 0. The van der Waals surface area contributed by atoms with Gasteiger partial charge in [0.2, 0.25) is 0 Å². The quantitative estimate of drug-likeness (QED) is 0.752. The molecule has 1 aliphatic rings. The first kappa shape index (κ1) is 10.1. The number of carbonyl (C=O) groups is 1. The SMILES string of the molecule is Cc1cnc(N)c(C(=O)C2CCCC2)c1. The number of ketones is 1. The van der Waals surface area contributed by atoms with Gasteiger partial charge in [-0.1, -0.05) is 12.8 Å². The number of anilines is 1. The molecule has 80 valence electrons. The second kappa shape index (κ2) is 4.01. The Kier molecular flexibility index (Phi) is 2.71. The molecule has 1 heterocycles. The molecule has 15 heavy (non-hydrogen) atoms. The predicted octanol–water partition coefficient (Wildman–Crippen LogP) is 2.35. The van der Waals surface area contributed by atoms with E-state index in [0.29, 0.717) is 11.4 Å². The normalized spacial score (nSPS) is 16.9. The van der Waals surface area contributed by atoms with Crippen LogP contribution in [0.5, 0.6) is 0 Å². The fraction of sp³-hybridized carbons (Fsp3) is 0.500. The Balaban J connectivity index is 2.27. The molecule has 1 aromatic rings. The first-order valence-corrected chi connectivity index (χ1v) is 5.45. The lowest BCUT2D eigenvalue weighted by Crippen LogP contribution is -2.14. The van der Waals surface area contributed by atoms with Gasteiger partial charge >= 0.3 is 0 Å². The van der Waals surface area contributed by atoms with Gasteiger partial charge in [-0.3, -0.25) is 4.79 Å². The van der Waals surface area contributed by atoms with Crippen molar-refractivity contribution in [1.82, 2.24) is 4.98 Å². The van der Waals surface area contributed by atoms with Crippen molar-refractivity contribution in [3.05, 3.63) is 23.4 Å². The zero-order valence-electron chi connectivity index (χ0n) is 8.99. The van der Waals surface area contributed by atoms with Crippen molar-refractivity contribution >= 4 is 11.6 Å². The minimum Gasteiger partial charge on any atom is -0.383 e. The van der Waals surface area contributed by atoms with Crippen LogP contribution in [0.15, 0.2) is 12.3 Å². The van der Waals surface area contributed by atoms with E-state index in [0.717, 1.165) is 31.2 Å². The number of pyridine rings is 1. The van der Waals surface area contributed by atoms with Crippen LogP contribution in [0, 0.1) is 12.8 Å². The highest BCUT2D eigenvalue weighted by atomic mass is 16.1. The Hall–Kier alpha value is -1.38. The third-order valence-corrected chi connectivity index (χ3v) is 3.05. The summed E-state index contributed by atoms with van der Waals surface area (Å²) in [5.41, 5.74) is 7.33. The number of Topliss-reactive ketones (excluding diaryl/α,β-unsaturated/α-hetero) is 1. The summed E-state index contributed by atoms with van der Waals surface area (Å²) in [4.78, 5) is 16.1. The second-order valence-electron chi connectivity index (χ2n) is 4.29. The molecule has 1 aliphatic carbocycles. The maximum absolute atomic E-state index is 12.1. The Morgan fingerprint density at radius 2 is 2.13 bits per heavy atom. The topological polar surface area (TPSA) is 56.0 Å². The lowest BCUT2D eigenvalue weighted by Gasteiger charge is -2.09. The van der Waals surface area contributed by atoms with Crippen LogP contribution < -0.4 is 5.73 Å². The van der Waals surface area contributed by atoms with Crippen molar-refractivity contribution in [3.8, 4) is 0 Å². The number of carbonyl (C=O) groups excluding carboxylic acids is 1. The molecule has 2 N–H and O–H groups in total. The number of aryl methyl sites for hydroxylation is 1. The molecule has 3 nitrogen and oxygen atoms in total. The maximum Gasteiger partial charge on any atom is 0.169 e. The average molecular weight is 204 g/mol. The molecule has 0 spiro atoms. The van der Waals surface area contributed by atoms with Gasteiger partial charge in [0, 0.05) is 12.1 Å². The monoisotopic (exact) mass is 204 g/mol. The molecule has 0 atom stereocenters. The largest absolute Gasteiger partial charge is 0.383 e. The zero-order valence-corrected chi connectivity index (χ0v) is 8.99. The van der Waals surface area contributed by atoms with E-state index in [1.54, 1.807) is 6.20 Å². The van der Waals surface area contributed by atoms with Crippen LogP contribution in [0.1, 0.15) is 41.6 Å². The van der Waals surface area contributed by atoms with Gasteiger partial charge < -0.3 is 5.73 Å². The number of nitrogens with zero attached hydrogens (tertiary/aromatic N) is 1. The lowest BCUT2D eigenvalue weighted by molar-refractivity contribution is 0.0923. The zero-order chi connectivity index (χ0) is 10.8. The minimum atomic E-state index is 0.177. The van der Waals surface area contributed by atoms with E-state index in [-0.39, 0.29) is 11.7 Å². The van der Waals surface area contributed by atoms with Gasteiger partial charge in [0.05, 0.1) is 5.56 Å². The van der Waals surface area contributed by atoms with E-state index in [4.69, 9.17) is 5.73 Å². The minimum absolute atomic E-state index is 0.177. The maximum atomic E-state index is 12.1. The Morgan fingerprint density at radius 3 is 2.80 bits per heavy atom. The summed E-state index contributed by atoms with van der Waals surface area (Å²) in [5.74, 6) is 0.731. The fourth-order valence-electron chi connectivity index (χ4n) is 2.19. The van der Waals surface area contributed by atoms with Gasteiger partial charge in [-0.25, -0.2) is 4.98 Å². The Labute approximate surface area is 89.7 Å². The number of nitrogens with two attached hydrogens (primary N) is 1. The van der Waals surface area contributed by atoms with E-state index in [9.17, 15) is 4.79 Å². The second-order valence-corrected chi connectivity index (χ2v) is 4.29. The molecule has 1 fully saturated rings. The molecule has 1 saturated carbocycles. The molecule has 0 aliphatic heterocycles. The molecule has 0 amide bonds. The molecule has 2 rings (SSSR count). The first-order valence-electron chi connectivity index (χ1n) is 5.45. The van der Waals surface area contributed by atoms with E-state index in [1.807, 2.05) is 13.0 Å². The molecule has 0 aromatic carbocycles. The Morgan fingerprint density at radius 1 is 1.47 bits per heavy atom. The van der Waals surface area contributed by atoms with Gasteiger partial charge in [0.1, 0.15) is 5.82 Å². The predicted molar refractivity (Wildman–Crippen MR) is 59.7 cm³/mol. The van der Waals surface area contributed by atoms with E-state index in [1.165, 1.54) is 0 Å². The average Bonchev–Trinajstić information content (AvgIpc) is 2.74. The Bertz CT molecular complexity index is 381. The van der Waals surface area contributed by atoms with Crippen molar-refractivity contribution in [3.63, 3.8) is 0 Å². The van der Waals surface area contributed by atoms with Crippen LogP contribution in [0.3, 0.4) is 0 Å². The summed E-state index contributed by atoms with van der Waals surface area (Å²) in [6.45, 7) is 1.93. The van der Waals surface area contributed by atoms with Crippen LogP contribution in [0.4, 0.5) is 5.82 Å². The highest BCUT2D eigenvalue weighted by Crippen LogP contribution is 2.29. The van der Waals surface area contributed by atoms with Gasteiger partial charge in [0.15, 0.2) is 5.78 Å². The fourth-order valence-corrected chi connectivity index (χ4v) is 2.19. The van der Waals surface area contributed by atoms with Crippen molar-refractivity contribution in [2.45, 2.75) is 32.6 Å². The highest BCUT2D eigenvalue weighted by Gasteiger charge is 2.25. The standard InChI is InChI=1S/C12H16N2O/c1-8-6-10(12(13)14-7-8)11(15)9-4-2-3-5-9/h6-7,9H,2-5H2,1H3,(H2,13,14). The number of hydrogen-bond donors (Lipinski definition) is 1. The molecular weight excluding hydrogens is 188 g/mol.